The molecule has 0 saturated carbocycles. The summed E-state index contributed by atoms with van der Waals surface area (Å²) < 4.78 is 21.8. The smallest absolute Gasteiger partial charge is 0.338 e. The third-order valence-electron chi connectivity index (χ3n) is 4.77. The Kier molecular flexibility index (Phi) is 6.96. The zero-order valence-corrected chi connectivity index (χ0v) is 17.7. The molecule has 0 unspecified atom stereocenters. The first-order chi connectivity index (χ1) is 14.5. The van der Waals surface area contributed by atoms with Crippen LogP contribution in [-0.4, -0.2) is 20.2 Å². The van der Waals surface area contributed by atoms with Crippen LogP contribution in [0.5, 0.6) is 17.2 Å². The molecule has 156 valence electrons. The molecule has 0 amide bonds. The summed E-state index contributed by atoms with van der Waals surface area (Å²) in [6.07, 6.45) is 0. The molecule has 0 N–H and O–H groups in total. The number of ether oxygens (including phenoxy) is 4. The summed E-state index contributed by atoms with van der Waals surface area (Å²) in [6, 6.07) is 18.8. The van der Waals surface area contributed by atoms with Gasteiger partial charge in [0.05, 0.1) is 19.8 Å². The van der Waals surface area contributed by atoms with Crippen molar-refractivity contribution in [3.63, 3.8) is 0 Å². The lowest BCUT2D eigenvalue weighted by atomic mass is 10.1. The van der Waals surface area contributed by atoms with Crippen LogP contribution in [0.3, 0.4) is 0 Å². The van der Waals surface area contributed by atoms with Gasteiger partial charge in [-0.25, -0.2) is 4.79 Å². The number of hydrogen-bond acceptors (Lipinski definition) is 5. The molecule has 0 aliphatic rings. The van der Waals surface area contributed by atoms with Gasteiger partial charge in [0.2, 0.25) is 0 Å². The molecule has 3 aromatic rings. The summed E-state index contributed by atoms with van der Waals surface area (Å²) in [5.41, 5.74) is 4.23. The van der Waals surface area contributed by atoms with Crippen LogP contribution < -0.4 is 14.2 Å². The Bertz CT molecular complexity index is 968. The van der Waals surface area contributed by atoms with E-state index in [4.69, 9.17) is 18.9 Å². The average Bonchev–Trinajstić information content (AvgIpc) is 2.77. The number of hydrogen-bond donors (Lipinski definition) is 0. The molecule has 3 aromatic carbocycles. The molecule has 0 saturated heterocycles. The van der Waals surface area contributed by atoms with Crippen LogP contribution in [0.4, 0.5) is 0 Å². The molecular weight excluding hydrogens is 380 g/mol. The molecule has 0 bridgehead atoms. The third kappa shape index (κ3) is 5.32. The highest BCUT2D eigenvalue weighted by Crippen LogP contribution is 2.27. The minimum Gasteiger partial charge on any atom is -0.497 e. The Morgan fingerprint density at radius 2 is 1.20 bits per heavy atom. The lowest BCUT2D eigenvalue weighted by Gasteiger charge is -2.14. The van der Waals surface area contributed by atoms with Crippen molar-refractivity contribution in [3.8, 4) is 17.2 Å². The Hall–Kier alpha value is -3.47. The van der Waals surface area contributed by atoms with Crippen molar-refractivity contribution in [2.45, 2.75) is 27.1 Å². The molecule has 5 nitrogen and oxygen atoms in total. The fourth-order valence-corrected chi connectivity index (χ4v) is 3.13. The number of methoxy groups -OCH3 is 2. The van der Waals surface area contributed by atoms with Gasteiger partial charge in [-0.1, -0.05) is 24.3 Å². The van der Waals surface area contributed by atoms with E-state index in [-0.39, 0.29) is 12.6 Å². The predicted molar refractivity (Wildman–Crippen MR) is 115 cm³/mol. The molecule has 3 rings (SSSR count). The summed E-state index contributed by atoms with van der Waals surface area (Å²) in [6.45, 7) is 4.50. The van der Waals surface area contributed by atoms with Crippen molar-refractivity contribution in [3.05, 3.63) is 88.5 Å². The zero-order chi connectivity index (χ0) is 21.5. The maximum absolute atomic E-state index is 12.5. The Labute approximate surface area is 177 Å². The van der Waals surface area contributed by atoms with Crippen LogP contribution in [0.15, 0.2) is 60.7 Å². The van der Waals surface area contributed by atoms with E-state index < -0.39 is 0 Å². The van der Waals surface area contributed by atoms with Crippen molar-refractivity contribution in [2.75, 3.05) is 14.2 Å². The Morgan fingerprint density at radius 1 is 0.733 bits per heavy atom. The molecule has 0 radical (unpaired) electrons. The van der Waals surface area contributed by atoms with Gasteiger partial charge < -0.3 is 18.9 Å². The summed E-state index contributed by atoms with van der Waals surface area (Å²) in [7, 11) is 3.26. The highest BCUT2D eigenvalue weighted by atomic mass is 16.5. The standard InChI is InChI=1S/C25H26O5/c1-17-13-21(25(26)30-16-20-7-11-23(28-4)12-8-20)14-18(2)24(17)29-15-19-5-9-22(27-3)10-6-19/h5-14H,15-16H2,1-4H3. The summed E-state index contributed by atoms with van der Waals surface area (Å²) in [5, 5.41) is 0. The van der Waals surface area contributed by atoms with Gasteiger partial charge in [-0.3, -0.25) is 0 Å². The van der Waals surface area contributed by atoms with Gasteiger partial charge in [0.1, 0.15) is 30.5 Å². The maximum Gasteiger partial charge on any atom is 0.338 e. The molecule has 30 heavy (non-hydrogen) atoms. The highest BCUT2D eigenvalue weighted by molar-refractivity contribution is 5.90. The number of carbonyl (C=O) groups is 1. The van der Waals surface area contributed by atoms with Crippen molar-refractivity contribution in [1.29, 1.82) is 0 Å². The largest absolute Gasteiger partial charge is 0.497 e. The van der Waals surface area contributed by atoms with Crippen molar-refractivity contribution in [2.24, 2.45) is 0 Å². The van der Waals surface area contributed by atoms with E-state index in [1.165, 1.54) is 0 Å². The minimum absolute atomic E-state index is 0.205. The summed E-state index contributed by atoms with van der Waals surface area (Å²) in [5.74, 6) is 1.99. The molecule has 0 fully saturated rings. The molecule has 0 atom stereocenters. The van der Waals surface area contributed by atoms with Gasteiger partial charge in [-0.15, -0.1) is 0 Å². The van der Waals surface area contributed by atoms with Crippen LogP contribution in [-0.2, 0) is 18.0 Å². The number of aryl methyl sites for hydroxylation is 2. The number of benzene rings is 3. The second-order valence-corrected chi connectivity index (χ2v) is 7.00. The van der Waals surface area contributed by atoms with Gasteiger partial charge in [-0.2, -0.15) is 0 Å². The fraction of sp³-hybridized carbons (Fsp3) is 0.240. The third-order valence-corrected chi connectivity index (χ3v) is 4.77. The van der Waals surface area contributed by atoms with E-state index in [9.17, 15) is 4.79 Å². The molecule has 0 aromatic heterocycles. The van der Waals surface area contributed by atoms with Crippen molar-refractivity contribution in [1.82, 2.24) is 0 Å². The normalized spacial score (nSPS) is 10.4. The zero-order valence-electron chi connectivity index (χ0n) is 17.7. The lowest BCUT2D eigenvalue weighted by molar-refractivity contribution is 0.0472. The van der Waals surface area contributed by atoms with Gasteiger partial charge in [-0.05, 0) is 72.5 Å². The minimum atomic E-state index is -0.362. The van der Waals surface area contributed by atoms with Crippen LogP contribution in [0.1, 0.15) is 32.6 Å². The first-order valence-corrected chi connectivity index (χ1v) is 9.67. The second kappa shape index (κ2) is 9.83. The monoisotopic (exact) mass is 406 g/mol. The number of carbonyl (C=O) groups excluding carboxylic acids is 1. The predicted octanol–water partition coefficient (Wildman–Crippen LogP) is 5.26. The van der Waals surface area contributed by atoms with Crippen molar-refractivity contribution >= 4 is 5.97 Å². The summed E-state index contributed by atoms with van der Waals surface area (Å²) in [4.78, 5) is 12.5. The topological polar surface area (TPSA) is 54.0 Å². The molecule has 0 aliphatic carbocycles. The van der Waals surface area contributed by atoms with Crippen molar-refractivity contribution < 1.29 is 23.7 Å². The second-order valence-electron chi connectivity index (χ2n) is 7.00. The van der Waals surface area contributed by atoms with E-state index in [0.717, 1.165) is 39.5 Å². The molecule has 0 heterocycles. The Morgan fingerprint density at radius 3 is 1.67 bits per heavy atom. The molecule has 5 heteroatoms. The van der Waals surface area contributed by atoms with E-state index in [2.05, 4.69) is 0 Å². The van der Waals surface area contributed by atoms with Gasteiger partial charge in [0.25, 0.3) is 0 Å². The first kappa shape index (κ1) is 21.2. The van der Waals surface area contributed by atoms with E-state index in [1.54, 1.807) is 26.4 Å². The van der Waals surface area contributed by atoms with Gasteiger partial charge in [0, 0.05) is 0 Å². The van der Waals surface area contributed by atoms with E-state index in [0.29, 0.717) is 12.2 Å². The summed E-state index contributed by atoms with van der Waals surface area (Å²) >= 11 is 0. The van der Waals surface area contributed by atoms with Gasteiger partial charge >= 0.3 is 5.97 Å². The SMILES string of the molecule is COc1ccc(COC(=O)c2cc(C)c(OCc3ccc(OC)cc3)c(C)c2)cc1. The van der Waals surface area contributed by atoms with Crippen LogP contribution >= 0.6 is 0 Å². The Balaban J connectivity index is 1.62. The van der Waals surface area contributed by atoms with E-state index >= 15 is 0 Å². The maximum atomic E-state index is 12.5. The molecular formula is C25H26O5. The van der Waals surface area contributed by atoms with E-state index in [1.807, 2.05) is 62.4 Å². The molecule has 0 spiro atoms. The molecule has 0 aliphatic heterocycles. The highest BCUT2D eigenvalue weighted by Gasteiger charge is 2.13. The quantitative estimate of drug-likeness (QED) is 0.478. The van der Waals surface area contributed by atoms with Crippen LogP contribution in [0, 0.1) is 13.8 Å². The lowest BCUT2D eigenvalue weighted by Crippen LogP contribution is -2.07. The average molecular weight is 406 g/mol. The number of esters is 1. The van der Waals surface area contributed by atoms with Crippen LogP contribution in [0.25, 0.3) is 0 Å². The first-order valence-electron chi connectivity index (χ1n) is 9.67. The van der Waals surface area contributed by atoms with Gasteiger partial charge in [0.15, 0.2) is 0 Å². The van der Waals surface area contributed by atoms with Crippen LogP contribution in [0.2, 0.25) is 0 Å². The fourth-order valence-electron chi connectivity index (χ4n) is 3.13. The number of rotatable bonds is 8.